The second-order valence-corrected chi connectivity index (χ2v) is 6.67. The predicted molar refractivity (Wildman–Crippen MR) is 103 cm³/mol. The minimum Gasteiger partial charge on any atom is -0.380 e. The summed E-state index contributed by atoms with van der Waals surface area (Å²) in [5.74, 6) is 0. The molecule has 4 heteroatoms. The molecule has 0 aromatic heterocycles. The summed E-state index contributed by atoms with van der Waals surface area (Å²) in [5.41, 5.74) is 5.70. The van der Waals surface area contributed by atoms with Crippen LogP contribution in [0.25, 0.3) is 12.2 Å². The molecule has 2 aromatic carbocycles. The first kappa shape index (κ1) is 15.4. The van der Waals surface area contributed by atoms with Crippen LogP contribution in [0.4, 0.5) is 5.69 Å². The molecule has 0 bridgehead atoms. The van der Waals surface area contributed by atoms with Gasteiger partial charge in [0, 0.05) is 40.6 Å². The van der Waals surface area contributed by atoms with Crippen LogP contribution in [0, 0.1) is 0 Å². The SMILES string of the molecule is Clc1cccc2c1C=NCc1cccc(NC3CCNC3)c1C=C2. The Hall–Kier alpha value is -2.10. The third kappa shape index (κ3) is 3.10. The summed E-state index contributed by atoms with van der Waals surface area (Å²) in [4.78, 5) is 4.62. The lowest BCUT2D eigenvalue weighted by atomic mass is 10.0. The normalized spacial score (nSPS) is 19.1. The molecule has 2 aromatic rings. The van der Waals surface area contributed by atoms with Gasteiger partial charge in [-0.15, -0.1) is 0 Å². The summed E-state index contributed by atoms with van der Waals surface area (Å²) in [7, 11) is 0. The van der Waals surface area contributed by atoms with Crippen LogP contribution in [0.5, 0.6) is 0 Å². The highest BCUT2D eigenvalue weighted by molar-refractivity contribution is 6.33. The first-order chi connectivity index (χ1) is 11.8. The van der Waals surface area contributed by atoms with Crippen LogP contribution in [-0.4, -0.2) is 25.3 Å². The van der Waals surface area contributed by atoms with Crippen LogP contribution in [0.1, 0.15) is 28.7 Å². The van der Waals surface area contributed by atoms with Crippen molar-refractivity contribution in [1.82, 2.24) is 5.32 Å². The van der Waals surface area contributed by atoms with E-state index in [1.165, 1.54) is 16.8 Å². The van der Waals surface area contributed by atoms with Crippen molar-refractivity contribution in [2.24, 2.45) is 4.99 Å². The van der Waals surface area contributed by atoms with Crippen molar-refractivity contribution in [3.63, 3.8) is 0 Å². The third-order valence-electron chi connectivity index (χ3n) is 4.61. The molecule has 3 nitrogen and oxygen atoms in total. The van der Waals surface area contributed by atoms with Crippen molar-refractivity contribution < 1.29 is 0 Å². The van der Waals surface area contributed by atoms with Gasteiger partial charge in [-0.1, -0.05) is 48.0 Å². The number of benzene rings is 2. The van der Waals surface area contributed by atoms with E-state index in [-0.39, 0.29) is 0 Å². The fourth-order valence-electron chi connectivity index (χ4n) is 3.31. The zero-order valence-corrected chi connectivity index (χ0v) is 14.2. The fourth-order valence-corrected chi connectivity index (χ4v) is 3.55. The summed E-state index contributed by atoms with van der Waals surface area (Å²) in [6.45, 7) is 2.76. The Morgan fingerprint density at radius 3 is 2.88 bits per heavy atom. The predicted octanol–water partition coefficient (Wildman–Crippen LogP) is 4.22. The Labute approximate surface area is 147 Å². The zero-order chi connectivity index (χ0) is 16.4. The molecule has 4 rings (SSSR count). The molecule has 2 heterocycles. The average Bonchev–Trinajstić information content (AvgIpc) is 3.11. The molecule has 1 fully saturated rings. The first-order valence-corrected chi connectivity index (χ1v) is 8.74. The molecule has 2 aliphatic heterocycles. The van der Waals surface area contributed by atoms with E-state index in [4.69, 9.17) is 11.6 Å². The number of hydrogen-bond donors (Lipinski definition) is 2. The molecule has 24 heavy (non-hydrogen) atoms. The van der Waals surface area contributed by atoms with Crippen LogP contribution in [0.2, 0.25) is 5.02 Å². The maximum absolute atomic E-state index is 6.33. The summed E-state index contributed by atoms with van der Waals surface area (Å²) in [6, 6.07) is 12.9. The summed E-state index contributed by atoms with van der Waals surface area (Å²) in [5, 5.41) is 7.82. The smallest absolute Gasteiger partial charge is 0.0646 e. The van der Waals surface area contributed by atoms with Gasteiger partial charge < -0.3 is 10.6 Å². The van der Waals surface area contributed by atoms with Crippen LogP contribution >= 0.6 is 11.6 Å². The number of nitrogens with zero attached hydrogens (tertiary/aromatic N) is 1. The van der Waals surface area contributed by atoms with E-state index in [0.29, 0.717) is 12.6 Å². The molecule has 0 spiro atoms. The molecule has 1 saturated heterocycles. The van der Waals surface area contributed by atoms with Gasteiger partial charge in [0.1, 0.15) is 0 Å². The Morgan fingerprint density at radius 2 is 2.00 bits per heavy atom. The number of halogens is 1. The van der Waals surface area contributed by atoms with E-state index in [0.717, 1.165) is 35.7 Å². The van der Waals surface area contributed by atoms with Crippen molar-refractivity contribution in [3.8, 4) is 0 Å². The molecule has 0 saturated carbocycles. The highest BCUT2D eigenvalue weighted by Gasteiger charge is 2.16. The topological polar surface area (TPSA) is 36.4 Å². The van der Waals surface area contributed by atoms with E-state index >= 15 is 0 Å². The summed E-state index contributed by atoms with van der Waals surface area (Å²) in [6.07, 6.45) is 7.36. The van der Waals surface area contributed by atoms with Crippen molar-refractivity contribution in [3.05, 3.63) is 63.7 Å². The molecule has 1 unspecified atom stereocenters. The monoisotopic (exact) mass is 337 g/mol. The van der Waals surface area contributed by atoms with Gasteiger partial charge >= 0.3 is 0 Å². The highest BCUT2D eigenvalue weighted by Crippen LogP contribution is 2.28. The highest BCUT2D eigenvalue weighted by atomic mass is 35.5. The molecule has 1 atom stereocenters. The lowest BCUT2D eigenvalue weighted by molar-refractivity contribution is 0.792. The molecule has 0 radical (unpaired) electrons. The van der Waals surface area contributed by atoms with E-state index in [1.54, 1.807) is 0 Å². The van der Waals surface area contributed by atoms with Gasteiger partial charge in [0.15, 0.2) is 0 Å². The summed E-state index contributed by atoms with van der Waals surface area (Å²) < 4.78 is 0. The summed E-state index contributed by atoms with van der Waals surface area (Å²) >= 11 is 6.33. The molecular formula is C20H20ClN3. The molecular weight excluding hydrogens is 318 g/mol. The van der Waals surface area contributed by atoms with Crippen molar-refractivity contribution >= 4 is 35.7 Å². The van der Waals surface area contributed by atoms with Gasteiger partial charge in [0.05, 0.1) is 6.54 Å². The lowest BCUT2D eigenvalue weighted by Gasteiger charge is -2.17. The maximum atomic E-state index is 6.33. The molecule has 2 N–H and O–H groups in total. The number of fused-ring (bicyclic) bond motifs is 2. The number of hydrogen-bond acceptors (Lipinski definition) is 3. The van der Waals surface area contributed by atoms with Crippen LogP contribution in [0.15, 0.2) is 41.4 Å². The van der Waals surface area contributed by atoms with E-state index in [2.05, 4.69) is 52.0 Å². The second-order valence-electron chi connectivity index (χ2n) is 6.26. The van der Waals surface area contributed by atoms with Crippen molar-refractivity contribution in [2.45, 2.75) is 19.0 Å². The van der Waals surface area contributed by atoms with E-state index in [1.807, 2.05) is 18.3 Å². The van der Waals surface area contributed by atoms with Gasteiger partial charge in [-0.05, 0) is 36.2 Å². The van der Waals surface area contributed by atoms with E-state index in [9.17, 15) is 0 Å². The zero-order valence-electron chi connectivity index (χ0n) is 13.4. The van der Waals surface area contributed by atoms with Crippen molar-refractivity contribution in [2.75, 3.05) is 18.4 Å². The third-order valence-corrected chi connectivity index (χ3v) is 4.94. The van der Waals surface area contributed by atoms with Gasteiger partial charge in [0.25, 0.3) is 0 Å². The minimum atomic E-state index is 0.489. The quantitative estimate of drug-likeness (QED) is 0.861. The number of nitrogens with one attached hydrogen (secondary N) is 2. The van der Waals surface area contributed by atoms with Gasteiger partial charge in [-0.2, -0.15) is 0 Å². The Morgan fingerprint density at radius 1 is 1.08 bits per heavy atom. The van der Waals surface area contributed by atoms with Crippen molar-refractivity contribution in [1.29, 1.82) is 0 Å². The molecule has 2 aliphatic rings. The van der Waals surface area contributed by atoms with E-state index < -0.39 is 0 Å². The van der Waals surface area contributed by atoms with Crippen LogP contribution in [-0.2, 0) is 6.54 Å². The molecule has 122 valence electrons. The Kier molecular flexibility index (Phi) is 4.37. The van der Waals surface area contributed by atoms with Gasteiger partial charge in [-0.25, -0.2) is 0 Å². The molecule has 0 amide bonds. The Balaban J connectivity index is 1.75. The average molecular weight is 338 g/mol. The number of anilines is 1. The second kappa shape index (κ2) is 6.80. The van der Waals surface area contributed by atoms with Gasteiger partial charge in [0.2, 0.25) is 0 Å². The molecule has 0 aliphatic carbocycles. The first-order valence-electron chi connectivity index (χ1n) is 8.37. The Bertz CT molecular complexity index is 805. The van der Waals surface area contributed by atoms with Gasteiger partial charge in [-0.3, -0.25) is 4.99 Å². The number of rotatable bonds is 2. The van der Waals surface area contributed by atoms with Crippen LogP contribution in [0.3, 0.4) is 0 Å². The minimum absolute atomic E-state index is 0.489. The lowest BCUT2D eigenvalue weighted by Crippen LogP contribution is -2.22. The number of aliphatic imine (C=N–C) groups is 1. The fraction of sp³-hybridized carbons (Fsp3) is 0.250. The standard InChI is InChI=1S/C20H20ClN3/c21-19-5-1-3-14-7-8-17-15(11-23-13-18(14)19)4-2-6-20(17)24-16-9-10-22-12-16/h1-8,13,16,22,24H,9-12H2. The maximum Gasteiger partial charge on any atom is 0.0646 e. The van der Waals surface area contributed by atoms with Crippen LogP contribution < -0.4 is 10.6 Å². The largest absolute Gasteiger partial charge is 0.380 e.